The minimum atomic E-state index is 0.644. The Balaban J connectivity index is 2.24. The maximum atomic E-state index is 8.38. The van der Waals surface area contributed by atoms with Gasteiger partial charge in [-0.25, -0.2) is 0 Å². The molecule has 0 saturated heterocycles. The number of anilines is 1. The van der Waals surface area contributed by atoms with Crippen molar-refractivity contribution in [2.24, 2.45) is 0 Å². The number of unbranched alkanes of at least 4 members (excludes halogenated alkanes) is 2. The van der Waals surface area contributed by atoms with Gasteiger partial charge in [0.15, 0.2) is 0 Å². The molecule has 1 aromatic carbocycles. The molecular formula is C13H18N2O. The Morgan fingerprint density at radius 2 is 2.00 bits per heavy atom. The Morgan fingerprint density at radius 1 is 1.25 bits per heavy atom. The summed E-state index contributed by atoms with van der Waals surface area (Å²) in [5.41, 5.74) is 1.10. The van der Waals surface area contributed by atoms with Gasteiger partial charge in [0.1, 0.15) is 5.75 Å². The molecule has 0 spiro atoms. The number of nitrogens with one attached hydrogen (secondary N) is 1. The topological polar surface area (TPSA) is 45.0 Å². The summed E-state index contributed by atoms with van der Waals surface area (Å²) < 4.78 is 5.35. The van der Waals surface area contributed by atoms with E-state index >= 15 is 0 Å². The lowest BCUT2D eigenvalue weighted by Crippen LogP contribution is -2.01. The summed E-state index contributed by atoms with van der Waals surface area (Å²) >= 11 is 0. The zero-order valence-corrected chi connectivity index (χ0v) is 9.70. The summed E-state index contributed by atoms with van der Waals surface area (Å²) in [7, 11) is 0. The Kier molecular flexibility index (Phi) is 5.87. The normalized spacial score (nSPS) is 9.50. The molecule has 0 unspecified atom stereocenters. The van der Waals surface area contributed by atoms with Crippen LogP contribution in [0.25, 0.3) is 0 Å². The van der Waals surface area contributed by atoms with E-state index in [4.69, 9.17) is 10.00 Å². The Hall–Kier alpha value is -1.69. The SMILES string of the molecule is CCOc1ccc(NCCCCC#N)cc1. The van der Waals surface area contributed by atoms with Crippen LogP contribution in [-0.2, 0) is 0 Å². The second-order valence-electron chi connectivity index (χ2n) is 3.50. The van der Waals surface area contributed by atoms with Gasteiger partial charge in [0.2, 0.25) is 0 Å². The second kappa shape index (κ2) is 7.58. The van der Waals surface area contributed by atoms with Crippen molar-refractivity contribution in [2.75, 3.05) is 18.5 Å². The van der Waals surface area contributed by atoms with Gasteiger partial charge in [-0.3, -0.25) is 0 Å². The van der Waals surface area contributed by atoms with Crippen LogP contribution in [0, 0.1) is 11.3 Å². The van der Waals surface area contributed by atoms with E-state index in [-0.39, 0.29) is 0 Å². The average molecular weight is 218 g/mol. The van der Waals surface area contributed by atoms with Gasteiger partial charge in [-0.1, -0.05) is 0 Å². The number of ether oxygens (including phenoxy) is 1. The van der Waals surface area contributed by atoms with Gasteiger partial charge in [-0.2, -0.15) is 5.26 Å². The lowest BCUT2D eigenvalue weighted by molar-refractivity contribution is 0.340. The fourth-order valence-corrected chi connectivity index (χ4v) is 1.40. The molecule has 0 radical (unpaired) electrons. The summed E-state index contributed by atoms with van der Waals surface area (Å²) in [6.07, 6.45) is 2.63. The van der Waals surface area contributed by atoms with Gasteiger partial charge in [0, 0.05) is 18.7 Å². The van der Waals surface area contributed by atoms with Crippen molar-refractivity contribution in [2.45, 2.75) is 26.2 Å². The average Bonchev–Trinajstić information content (AvgIpc) is 2.31. The van der Waals surface area contributed by atoms with E-state index in [0.29, 0.717) is 13.0 Å². The third-order valence-electron chi connectivity index (χ3n) is 2.21. The van der Waals surface area contributed by atoms with Crippen molar-refractivity contribution in [3.8, 4) is 11.8 Å². The van der Waals surface area contributed by atoms with Crippen LogP contribution in [0.15, 0.2) is 24.3 Å². The van der Waals surface area contributed by atoms with Gasteiger partial charge in [0.05, 0.1) is 12.7 Å². The van der Waals surface area contributed by atoms with E-state index in [2.05, 4.69) is 11.4 Å². The molecule has 1 N–H and O–H groups in total. The van der Waals surface area contributed by atoms with Crippen molar-refractivity contribution < 1.29 is 4.74 Å². The Labute approximate surface area is 97.0 Å². The predicted molar refractivity (Wildman–Crippen MR) is 65.6 cm³/mol. The summed E-state index contributed by atoms with van der Waals surface area (Å²) in [5.74, 6) is 0.900. The summed E-state index contributed by atoms with van der Waals surface area (Å²) in [4.78, 5) is 0. The third kappa shape index (κ3) is 4.70. The molecule has 0 aliphatic heterocycles. The molecule has 3 nitrogen and oxygen atoms in total. The van der Waals surface area contributed by atoms with E-state index in [0.717, 1.165) is 30.8 Å². The molecular weight excluding hydrogens is 200 g/mol. The van der Waals surface area contributed by atoms with Crippen LogP contribution in [0.1, 0.15) is 26.2 Å². The highest BCUT2D eigenvalue weighted by Crippen LogP contribution is 2.15. The molecule has 0 aliphatic rings. The van der Waals surface area contributed by atoms with Crippen LogP contribution < -0.4 is 10.1 Å². The largest absolute Gasteiger partial charge is 0.494 e. The maximum absolute atomic E-state index is 8.38. The van der Waals surface area contributed by atoms with E-state index in [1.807, 2.05) is 31.2 Å². The fraction of sp³-hybridized carbons (Fsp3) is 0.462. The number of nitrogens with zero attached hydrogens (tertiary/aromatic N) is 1. The van der Waals surface area contributed by atoms with Crippen molar-refractivity contribution in [3.63, 3.8) is 0 Å². The zero-order chi connectivity index (χ0) is 11.6. The molecule has 0 bridgehead atoms. The predicted octanol–water partition coefficient (Wildman–Crippen LogP) is 3.19. The third-order valence-corrected chi connectivity index (χ3v) is 2.21. The molecule has 0 amide bonds. The summed E-state index contributed by atoms with van der Waals surface area (Å²) in [6.45, 7) is 3.58. The molecule has 0 atom stereocenters. The highest BCUT2D eigenvalue weighted by molar-refractivity contribution is 5.46. The molecule has 0 fully saturated rings. The molecule has 0 saturated carbocycles. The first-order valence-electron chi connectivity index (χ1n) is 5.70. The monoisotopic (exact) mass is 218 g/mol. The minimum absolute atomic E-state index is 0.644. The van der Waals surface area contributed by atoms with Crippen LogP contribution in [0.5, 0.6) is 5.75 Å². The molecule has 1 aromatic rings. The number of nitriles is 1. The number of benzene rings is 1. The Bertz CT molecular complexity index is 327. The Morgan fingerprint density at radius 3 is 2.62 bits per heavy atom. The molecule has 86 valence electrons. The van der Waals surface area contributed by atoms with Gasteiger partial charge in [0.25, 0.3) is 0 Å². The van der Waals surface area contributed by atoms with Gasteiger partial charge in [-0.05, 0) is 44.0 Å². The fourth-order valence-electron chi connectivity index (χ4n) is 1.40. The highest BCUT2D eigenvalue weighted by atomic mass is 16.5. The zero-order valence-electron chi connectivity index (χ0n) is 9.70. The van der Waals surface area contributed by atoms with Gasteiger partial charge in [-0.15, -0.1) is 0 Å². The number of hydrogen-bond acceptors (Lipinski definition) is 3. The van der Waals surface area contributed by atoms with Crippen LogP contribution in [0.2, 0.25) is 0 Å². The van der Waals surface area contributed by atoms with Crippen LogP contribution in [0.3, 0.4) is 0 Å². The van der Waals surface area contributed by atoms with Gasteiger partial charge >= 0.3 is 0 Å². The molecule has 16 heavy (non-hydrogen) atoms. The molecule has 0 aliphatic carbocycles. The number of hydrogen-bond donors (Lipinski definition) is 1. The lowest BCUT2D eigenvalue weighted by Gasteiger charge is -2.07. The smallest absolute Gasteiger partial charge is 0.119 e. The second-order valence-corrected chi connectivity index (χ2v) is 3.50. The first kappa shape index (κ1) is 12.4. The van der Waals surface area contributed by atoms with E-state index in [1.54, 1.807) is 0 Å². The van der Waals surface area contributed by atoms with Crippen molar-refractivity contribution in [1.29, 1.82) is 5.26 Å². The highest BCUT2D eigenvalue weighted by Gasteiger charge is 1.94. The first-order valence-corrected chi connectivity index (χ1v) is 5.70. The van der Waals surface area contributed by atoms with Crippen LogP contribution in [-0.4, -0.2) is 13.2 Å². The quantitative estimate of drug-likeness (QED) is 0.715. The number of rotatable bonds is 7. The summed E-state index contributed by atoms with van der Waals surface area (Å²) in [5, 5.41) is 11.7. The van der Waals surface area contributed by atoms with E-state index in [9.17, 15) is 0 Å². The molecule has 1 rings (SSSR count). The first-order chi connectivity index (χ1) is 7.86. The minimum Gasteiger partial charge on any atom is -0.494 e. The lowest BCUT2D eigenvalue weighted by atomic mass is 10.2. The molecule has 0 heterocycles. The standard InChI is InChI=1S/C13H18N2O/c1-2-16-13-8-6-12(7-9-13)15-11-5-3-4-10-14/h6-9,15H,2-5,11H2,1H3. The molecule has 0 aromatic heterocycles. The van der Waals surface area contributed by atoms with E-state index < -0.39 is 0 Å². The van der Waals surface area contributed by atoms with Crippen LogP contribution in [0.4, 0.5) is 5.69 Å². The van der Waals surface area contributed by atoms with Crippen LogP contribution >= 0.6 is 0 Å². The maximum Gasteiger partial charge on any atom is 0.119 e. The van der Waals surface area contributed by atoms with Gasteiger partial charge < -0.3 is 10.1 Å². The summed E-state index contributed by atoms with van der Waals surface area (Å²) in [6, 6.07) is 10.1. The van der Waals surface area contributed by atoms with Crippen molar-refractivity contribution in [1.82, 2.24) is 0 Å². The van der Waals surface area contributed by atoms with Crippen molar-refractivity contribution >= 4 is 5.69 Å². The van der Waals surface area contributed by atoms with Crippen molar-refractivity contribution in [3.05, 3.63) is 24.3 Å². The van der Waals surface area contributed by atoms with E-state index in [1.165, 1.54) is 0 Å². The molecule has 3 heteroatoms.